The molecule has 2 aliphatic heterocycles. The van der Waals surface area contributed by atoms with Crippen LogP contribution in [0.4, 0.5) is 0 Å². The van der Waals surface area contributed by atoms with Crippen LogP contribution in [0.1, 0.15) is 19.8 Å². The lowest BCUT2D eigenvalue weighted by atomic mass is 10.3. The minimum atomic E-state index is 0.693. The van der Waals surface area contributed by atoms with Crippen LogP contribution in [0.2, 0.25) is 0 Å². The molecule has 2 saturated heterocycles. The summed E-state index contributed by atoms with van der Waals surface area (Å²) in [5.74, 6) is 0. The molecule has 0 bridgehead atoms. The second kappa shape index (κ2) is 6.79. The normalized spacial score (nSPS) is 26.6. The zero-order chi connectivity index (χ0) is 10.2. The van der Waals surface area contributed by atoms with E-state index in [9.17, 15) is 4.79 Å². The van der Waals surface area contributed by atoms with Gasteiger partial charge in [0.1, 0.15) is 0 Å². The summed E-state index contributed by atoms with van der Waals surface area (Å²) in [5, 5.41) is 3.32. The molecule has 1 atom stereocenters. The summed E-state index contributed by atoms with van der Waals surface area (Å²) in [6, 6.07) is 0.796. The SMILES string of the molecule is C[C@@H]1CCCN1.O=CN1CCOCC1. The molecule has 2 rings (SSSR count). The summed E-state index contributed by atoms with van der Waals surface area (Å²) < 4.78 is 5.00. The molecular formula is C10H20N2O2. The van der Waals surface area contributed by atoms with Gasteiger partial charge in [0.2, 0.25) is 6.41 Å². The van der Waals surface area contributed by atoms with Crippen LogP contribution in [0.25, 0.3) is 0 Å². The number of ether oxygens (including phenoxy) is 1. The molecule has 0 aromatic rings. The van der Waals surface area contributed by atoms with Crippen molar-refractivity contribution in [3.8, 4) is 0 Å². The van der Waals surface area contributed by atoms with E-state index in [1.165, 1.54) is 19.4 Å². The van der Waals surface area contributed by atoms with Gasteiger partial charge in [0.05, 0.1) is 13.2 Å². The van der Waals surface area contributed by atoms with E-state index in [0.29, 0.717) is 13.2 Å². The Balaban J connectivity index is 0.000000146. The number of rotatable bonds is 1. The molecule has 0 saturated carbocycles. The van der Waals surface area contributed by atoms with Gasteiger partial charge in [0, 0.05) is 19.1 Å². The molecular weight excluding hydrogens is 180 g/mol. The molecule has 14 heavy (non-hydrogen) atoms. The quantitative estimate of drug-likeness (QED) is 0.616. The number of amides is 1. The van der Waals surface area contributed by atoms with E-state index >= 15 is 0 Å². The molecule has 0 unspecified atom stereocenters. The minimum Gasteiger partial charge on any atom is -0.378 e. The van der Waals surface area contributed by atoms with Gasteiger partial charge in [-0.3, -0.25) is 4.79 Å². The first-order valence-electron chi connectivity index (χ1n) is 5.33. The van der Waals surface area contributed by atoms with Crippen LogP contribution in [-0.2, 0) is 9.53 Å². The number of morpholine rings is 1. The maximum absolute atomic E-state index is 10.0. The molecule has 0 spiro atoms. The zero-order valence-electron chi connectivity index (χ0n) is 8.87. The lowest BCUT2D eigenvalue weighted by Crippen LogP contribution is -2.34. The highest BCUT2D eigenvalue weighted by atomic mass is 16.5. The van der Waals surface area contributed by atoms with Crippen LogP contribution in [0.3, 0.4) is 0 Å². The number of hydrogen-bond donors (Lipinski definition) is 1. The number of carbonyl (C=O) groups excluding carboxylic acids is 1. The van der Waals surface area contributed by atoms with E-state index in [0.717, 1.165) is 25.5 Å². The molecule has 1 amide bonds. The van der Waals surface area contributed by atoms with E-state index < -0.39 is 0 Å². The van der Waals surface area contributed by atoms with Crippen LogP contribution >= 0.6 is 0 Å². The van der Waals surface area contributed by atoms with Crippen molar-refractivity contribution >= 4 is 6.41 Å². The Morgan fingerprint density at radius 1 is 1.43 bits per heavy atom. The second-order valence-electron chi connectivity index (χ2n) is 3.75. The Morgan fingerprint density at radius 3 is 2.43 bits per heavy atom. The fourth-order valence-electron chi connectivity index (χ4n) is 1.54. The topological polar surface area (TPSA) is 41.6 Å². The van der Waals surface area contributed by atoms with Crippen molar-refractivity contribution in [3.05, 3.63) is 0 Å². The number of carbonyl (C=O) groups is 1. The molecule has 2 fully saturated rings. The Hall–Kier alpha value is -0.610. The second-order valence-corrected chi connectivity index (χ2v) is 3.75. The van der Waals surface area contributed by atoms with Crippen molar-refractivity contribution in [1.29, 1.82) is 0 Å². The molecule has 0 radical (unpaired) electrons. The lowest BCUT2D eigenvalue weighted by molar-refractivity contribution is -0.121. The van der Waals surface area contributed by atoms with Crippen LogP contribution in [-0.4, -0.2) is 50.2 Å². The van der Waals surface area contributed by atoms with Gasteiger partial charge in [0.15, 0.2) is 0 Å². The van der Waals surface area contributed by atoms with E-state index in [4.69, 9.17) is 4.74 Å². The molecule has 2 heterocycles. The largest absolute Gasteiger partial charge is 0.378 e. The van der Waals surface area contributed by atoms with Gasteiger partial charge in [-0.15, -0.1) is 0 Å². The van der Waals surface area contributed by atoms with Crippen molar-refractivity contribution in [3.63, 3.8) is 0 Å². The smallest absolute Gasteiger partial charge is 0.209 e. The summed E-state index contributed by atoms with van der Waals surface area (Å²) in [4.78, 5) is 11.7. The predicted octanol–water partition coefficient (Wildman–Crippen LogP) is 0.233. The Bertz CT molecular complexity index is 152. The van der Waals surface area contributed by atoms with Crippen LogP contribution < -0.4 is 5.32 Å². The third-order valence-corrected chi connectivity index (χ3v) is 2.50. The molecule has 82 valence electrons. The summed E-state index contributed by atoms with van der Waals surface area (Å²) in [6.45, 7) is 6.36. The average molecular weight is 200 g/mol. The highest BCUT2D eigenvalue weighted by Crippen LogP contribution is 2.01. The van der Waals surface area contributed by atoms with Crippen molar-refractivity contribution in [1.82, 2.24) is 10.2 Å². The van der Waals surface area contributed by atoms with Crippen molar-refractivity contribution < 1.29 is 9.53 Å². The van der Waals surface area contributed by atoms with E-state index in [1.807, 2.05) is 0 Å². The third kappa shape index (κ3) is 4.58. The first-order valence-corrected chi connectivity index (χ1v) is 5.33. The van der Waals surface area contributed by atoms with Gasteiger partial charge in [-0.2, -0.15) is 0 Å². The maximum Gasteiger partial charge on any atom is 0.209 e. The monoisotopic (exact) mass is 200 g/mol. The first-order chi connectivity index (χ1) is 6.83. The number of nitrogens with zero attached hydrogens (tertiary/aromatic N) is 1. The average Bonchev–Trinajstić information content (AvgIpc) is 2.71. The predicted molar refractivity (Wildman–Crippen MR) is 55.2 cm³/mol. The van der Waals surface area contributed by atoms with Crippen LogP contribution in [0.15, 0.2) is 0 Å². The van der Waals surface area contributed by atoms with Crippen LogP contribution in [0.5, 0.6) is 0 Å². The van der Waals surface area contributed by atoms with Crippen LogP contribution in [0, 0.1) is 0 Å². The summed E-state index contributed by atoms with van der Waals surface area (Å²) in [6.07, 6.45) is 3.61. The standard InChI is InChI=1S/C5H9NO2.C5H11N/c7-5-6-1-3-8-4-2-6;1-5-3-2-4-6-5/h5H,1-4H2;5-6H,2-4H2,1H3/t;5-/m.1/s1. The highest BCUT2D eigenvalue weighted by molar-refractivity contribution is 5.46. The minimum absolute atomic E-state index is 0.693. The zero-order valence-corrected chi connectivity index (χ0v) is 8.87. The molecule has 4 nitrogen and oxygen atoms in total. The van der Waals surface area contributed by atoms with E-state index in [-0.39, 0.29) is 0 Å². The molecule has 2 aliphatic rings. The van der Waals surface area contributed by atoms with Gasteiger partial charge in [-0.05, 0) is 26.3 Å². The molecule has 0 aliphatic carbocycles. The third-order valence-electron chi connectivity index (χ3n) is 2.50. The summed E-state index contributed by atoms with van der Waals surface area (Å²) in [5.41, 5.74) is 0. The van der Waals surface area contributed by atoms with Crippen molar-refractivity contribution in [2.75, 3.05) is 32.8 Å². The Morgan fingerprint density at radius 2 is 2.14 bits per heavy atom. The van der Waals surface area contributed by atoms with E-state index in [1.54, 1.807) is 4.90 Å². The maximum atomic E-state index is 10.0. The fourth-order valence-corrected chi connectivity index (χ4v) is 1.54. The van der Waals surface area contributed by atoms with Gasteiger partial charge in [-0.25, -0.2) is 0 Å². The van der Waals surface area contributed by atoms with Gasteiger partial charge in [-0.1, -0.05) is 0 Å². The van der Waals surface area contributed by atoms with Crippen molar-refractivity contribution in [2.24, 2.45) is 0 Å². The summed E-state index contributed by atoms with van der Waals surface area (Å²) >= 11 is 0. The molecule has 4 heteroatoms. The Kier molecular flexibility index (Phi) is 5.56. The lowest BCUT2D eigenvalue weighted by Gasteiger charge is -2.21. The molecule has 1 N–H and O–H groups in total. The first kappa shape index (κ1) is 11.5. The fraction of sp³-hybridized carbons (Fsp3) is 0.900. The molecule has 0 aromatic carbocycles. The van der Waals surface area contributed by atoms with E-state index in [2.05, 4.69) is 12.2 Å². The van der Waals surface area contributed by atoms with Gasteiger partial charge < -0.3 is 15.0 Å². The van der Waals surface area contributed by atoms with Gasteiger partial charge >= 0.3 is 0 Å². The highest BCUT2D eigenvalue weighted by Gasteiger charge is 2.06. The number of hydrogen-bond acceptors (Lipinski definition) is 3. The van der Waals surface area contributed by atoms with Gasteiger partial charge in [0.25, 0.3) is 0 Å². The van der Waals surface area contributed by atoms with Crippen molar-refractivity contribution in [2.45, 2.75) is 25.8 Å². The molecule has 0 aromatic heterocycles. The summed E-state index contributed by atoms with van der Waals surface area (Å²) in [7, 11) is 0. The Labute approximate surface area is 85.6 Å². The number of nitrogens with one attached hydrogen (secondary N) is 1.